The summed E-state index contributed by atoms with van der Waals surface area (Å²) in [5, 5.41) is 0.0927. The molecule has 0 unspecified atom stereocenters. The average molecular weight is 223 g/mol. The van der Waals surface area contributed by atoms with Crippen LogP contribution in [0.1, 0.15) is 13.8 Å². The summed E-state index contributed by atoms with van der Waals surface area (Å²) in [5.41, 5.74) is 0. The normalized spacial score (nSPS) is 10.6. The van der Waals surface area contributed by atoms with Crippen LogP contribution in [0.4, 0.5) is 4.39 Å². The third kappa shape index (κ3) is 2.48. The fraction of sp³-hybridized carbons (Fsp3) is 0.333. The molecular weight excluding hydrogens is 214 g/mol. The van der Waals surface area contributed by atoms with E-state index in [1.165, 1.54) is 12.1 Å². The third-order valence-electron chi connectivity index (χ3n) is 1.36. The minimum Gasteiger partial charge on any atom is -0.488 e. The molecule has 0 spiro atoms. The van der Waals surface area contributed by atoms with Crippen molar-refractivity contribution >= 4 is 23.2 Å². The summed E-state index contributed by atoms with van der Waals surface area (Å²) < 4.78 is 18.4. The maximum Gasteiger partial charge on any atom is 0.185 e. The molecule has 1 rings (SSSR count). The fourth-order valence-corrected chi connectivity index (χ4v) is 1.16. The lowest BCUT2D eigenvalue weighted by Crippen LogP contribution is -2.07. The van der Waals surface area contributed by atoms with E-state index in [1.54, 1.807) is 0 Å². The van der Waals surface area contributed by atoms with Crippen LogP contribution in [0, 0.1) is 5.82 Å². The van der Waals surface area contributed by atoms with E-state index >= 15 is 0 Å². The first-order valence-corrected chi connectivity index (χ1v) is 4.58. The van der Waals surface area contributed by atoms with Gasteiger partial charge in [-0.05, 0) is 26.0 Å². The molecule has 0 fully saturated rings. The molecule has 0 aliphatic carbocycles. The van der Waals surface area contributed by atoms with Crippen molar-refractivity contribution in [1.82, 2.24) is 0 Å². The molecular formula is C9H9Cl2FO. The summed E-state index contributed by atoms with van der Waals surface area (Å²) in [4.78, 5) is 0. The van der Waals surface area contributed by atoms with Gasteiger partial charge < -0.3 is 4.74 Å². The predicted octanol–water partition coefficient (Wildman–Crippen LogP) is 3.92. The molecule has 0 heterocycles. The summed E-state index contributed by atoms with van der Waals surface area (Å²) in [7, 11) is 0. The first kappa shape index (κ1) is 10.6. The lowest BCUT2D eigenvalue weighted by Gasteiger charge is -2.11. The van der Waals surface area contributed by atoms with Crippen LogP contribution >= 0.6 is 23.2 Å². The highest BCUT2D eigenvalue weighted by Crippen LogP contribution is 2.31. The Labute approximate surface area is 86.4 Å². The smallest absolute Gasteiger partial charge is 0.185 e. The van der Waals surface area contributed by atoms with Crippen LogP contribution in [0.5, 0.6) is 5.75 Å². The van der Waals surface area contributed by atoms with Crippen LogP contribution in [0.25, 0.3) is 0 Å². The Balaban J connectivity index is 3.04. The van der Waals surface area contributed by atoms with Crippen LogP contribution in [0.3, 0.4) is 0 Å². The van der Waals surface area contributed by atoms with Gasteiger partial charge in [-0.15, -0.1) is 0 Å². The Kier molecular flexibility index (Phi) is 3.40. The van der Waals surface area contributed by atoms with E-state index in [-0.39, 0.29) is 21.9 Å². The molecule has 72 valence electrons. The Hall–Kier alpha value is -0.470. The zero-order chi connectivity index (χ0) is 10.0. The van der Waals surface area contributed by atoms with Crippen LogP contribution < -0.4 is 4.74 Å². The number of rotatable bonds is 2. The highest BCUT2D eigenvalue weighted by molar-refractivity contribution is 6.42. The summed E-state index contributed by atoms with van der Waals surface area (Å²) in [5.74, 6) is -0.479. The van der Waals surface area contributed by atoms with Gasteiger partial charge in [0, 0.05) is 0 Å². The van der Waals surface area contributed by atoms with E-state index in [9.17, 15) is 4.39 Å². The molecule has 0 radical (unpaired) electrons. The molecule has 0 saturated carbocycles. The first-order chi connectivity index (χ1) is 6.02. The van der Waals surface area contributed by atoms with Gasteiger partial charge in [-0.1, -0.05) is 23.2 Å². The molecule has 1 aromatic carbocycles. The van der Waals surface area contributed by atoms with E-state index in [0.29, 0.717) is 0 Å². The number of hydrogen-bond acceptors (Lipinski definition) is 1. The van der Waals surface area contributed by atoms with Crippen molar-refractivity contribution < 1.29 is 9.13 Å². The molecule has 0 aromatic heterocycles. The van der Waals surface area contributed by atoms with E-state index in [4.69, 9.17) is 27.9 Å². The zero-order valence-corrected chi connectivity index (χ0v) is 8.79. The van der Waals surface area contributed by atoms with Crippen molar-refractivity contribution in [2.45, 2.75) is 20.0 Å². The molecule has 0 saturated heterocycles. The lowest BCUT2D eigenvalue weighted by atomic mass is 10.3. The van der Waals surface area contributed by atoms with E-state index < -0.39 is 5.82 Å². The SMILES string of the molecule is CC(C)Oc1ccc(Cl)c(Cl)c1F. The highest BCUT2D eigenvalue weighted by atomic mass is 35.5. The monoisotopic (exact) mass is 222 g/mol. The predicted molar refractivity (Wildman–Crippen MR) is 52.2 cm³/mol. The van der Waals surface area contributed by atoms with Gasteiger partial charge in [-0.25, -0.2) is 4.39 Å². The Morgan fingerprint density at radius 3 is 2.46 bits per heavy atom. The molecule has 4 heteroatoms. The second-order valence-corrected chi connectivity index (χ2v) is 3.63. The van der Waals surface area contributed by atoms with Crippen molar-refractivity contribution in [2.75, 3.05) is 0 Å². The van der Waals surface area contributed by atoms with Gasteiger partial charge in [-0.3, -0.25) is 0 Å². The standard InChI is InChI=1S/C9H9Cl2FO/c1-5(2)13-7-4-3-6(10)8(11)9(7)12/h3-5H,1-2H3. The first-order valence-electron chi connectivity index (χ1n) is 3.82. The molecule has 13 heavy (non-hydrogen) atoms. The molecule has 0 aliphatic heterocycles. The van der Waals surface area contributed by atoms with Gasteiger partial charge in [-0.2, -0.15) is 0 Å². The van der Waals surface area contributed by atoms with E-state index in [1.807, 2.05) is 13.8 Å². The minimum atomic E-state index is -0.608. The van der Waals surface area contributed by atoms with Crippen LogP contribution in [0.15, 0.2) is 12.1 Å². The number of ether oxygens (including phenoxy) is 1. The second-order valence-electron chi connectivity index (χ2n) is 2.84. The lowest BCUT2D eigenvalue weighted by molar-refractivity contribution is 0.231. The van der Waals surface area contributed by atoms with Crippen LogP contribution in [-0.4, -0.2) is 6.10 Å². The van der Waals surface area contributed by atoms with Crippen molar-refractivity contribution in [3.63, 3.8) is 0 Å². The largest absolute Gasteiger partial charge is 0.488 e. The quantitative estimate of drug-likeness (QED) is 0.690. The van der Waals surface area contributed by atoms with Gasteiger partial charge in [0.05, 0.1) is 16.1 Å². The fourth-order valence-electron chi connectivity index (χ4n) is 0.853. The molecule has 0 aliphatic rings. The van der Waals surface area contributed by atoms with Gasteiger partial charge in [0.25, 0.3) is 0 Å². The van der Waals surface area contributed by atoms with Crippen molar-refractivity contribution in [3.05, 3.63) is 28.0 Å². The maximum atomic E-state index is 13.3. The summed E-state index contributed by atoms with van der Waals surface area (Å²) >= 11 is 11.2. The number of hydrogen-bond donors (Lipinski definition) is 0. The molecule has 1 nitrogen and oxygen atoms in total. The average Bonchev–Trinajstić information content (AvgIpc) is 2.06. The molecule has 0 atom stereocenters. The van der Waals surface area contributed by atoms with Gasteiger partial charge in [0.1, 0.15) is 0 Å². The second kappa shape index (κ2) is 4.16. The summed E-state index contributed by atoms with van der Waals surface area (Å²) in [6, 6.07) is 2.97. The highest BCUT2D eigenvalue weighted by Gasteiger charge is 2.12. The topological polar surface area (TPSA) is 9.23 Å². The molecule has 0 bridgehead atoms. The van der Waals surface area contributed by atoms with Crippen LogP contribution in [-0.2, 0) is 0 Å². The minimum absolute atomic E-state index is 0.0910. The maximum absolute atomic E-state index is 13.3. The zero-order valence-electron chi connectivity index (χ0n) is 7.27. The number of benzene rings is 1. The van der Waals surface area contributed by atoms with Crippen molar-refractivity contribution in [1.29, 1.82) is 0 Å². The van der Waals surface area contributed by atoms with Crippen molar-refractivity contribution in [3.8, 4) is 5.75 Å². The Morgan fingerprint density at radius 2 is 1.92 bits per heavy atom. The van der Waals surface area contributed by atoms with E-state index in [2.05, 4.69) is 0 Å². The Bertz CT molecular complexity index is 313. The molecule has 1 aromatic rings. The number of halogens is 3. The summed E-state index contributed by atoms with van der Waals surface area (Å²) in [6.07, 6.45) is -0.0910. The van der Waals surface area contributed by atoms with Gasteiger partial charge in [0.15, 0.2) is 11.6 Å². The third-order valence-corrected chi connectivity index (χ3v) is 2.14. The molecule has 0 amide bonds. The van der Waals surface area contributed by atoms with Gasteiger partial charge >= 0.3 is 0 Å². The van der Waals surface area contributed by atoms with E-state index in [0.717, 1.165) is 0 Å². The van der Waals surface area contributed by atoms with Crippen molar-refractivity contribution in [2.24, 2.45) is 0 Å². The van der Waals surface area contributed by atoms with Crippen LogP contribution in [0.2, 0.25) is 10.0 Å². The Morgan fingerprint density at radius 1 is 1.31 bits per heavy atom. The van der Waals surface area contributed by atoms with Gasteiger partial charge in [0.2, 0.25) is 0 Å². The molecule has 0 N–H and O–H groups in total. The summed E-state index contributed by atoms with van der Waals surface area (Å²) in [6.45, 7) is 3.61.